The summed E-state index contributed by atoms with van der Waals surface area (Å²) in [6.07, 6.45) is 56.2. The predicted octanol–water partition coefficient (Wildman–Crippen LogP) is 16.9. The number of rotatable bonds is 65. The number of aliphatic hydroxyl groups is 1. The second kappa shape index (κ2) is 65.2. The molecule has 0 aliphatic carbocycles. The summed E-state index contributed by atoms with van der Waals surface area (Å²) < 4.78 is 72.6. The summed E-state index contributed by atoms with van der Waals surface area (Å²) in [5, 5.41) is 11.7. The smallest absolute Gasteiger partial charge is 0.748 e. The zero-order valence-electron chi connectivity index (χ0n) is 59.0. The van der Waals surface area contributed by atoms with Crippen LogP contribution in [0.15, 0.2) is 36.5 Å². The average Bonchev–Trinajstić information content (AvgIpc) is 0.890. The van der Waals surface area contributed by atoms with Gasteiger partial charge in [-0.05, 0) is 57.8 Å². The molecular formula is C75H135NaO14S. The van der Waals surface area contributed by atoms with Crippen molar-refractivity contribution in [3.8, 4) is 0 Å². The van der Waals surface area contributed by atoms with Crippen molar-refractivity contribution in [1.29, 1.82) is 0 Å². The van der Waals surface area contributed by atoms with E-state index in [1.165, 1.54) is 154 Å². The largest absolute Gasteiger partial charge is 1.00 e. The van der Waals surface area contributed by atoms with E-state index in [1.54, 1.807) is 0 Å². The van der Waals surface area contributed by atoms with Crippen molar-refractivity contribution in [2.75, 3.05) is 19.0 Å². The molecule has 0 amide bonds. The van der Waals surface area contributed by atoms with Crippen LogP contribution in [0.2, 0.25) is 0 Å². The standard InChI is InChI=1S/C75H136O14S.Na/c1-5-9-13-17-21-25-29-33-34-38-39-43-47-51-55-59-68(76)84-63-66(86-69(77)60-56-52-48-44-40-35-30-26-22-18-14-10-6-2)64-85-75-74(89-71(79)62-58-54-50-46-42-37-32-28-24-20-16-12-8-4)73(72(80)67(87-75)65-90(81,82)83)88-70(78)61-57-53-49-45-41-36-31-27-23-19-15-11-7-3;/h9,13,21,25,33-34,66-67,72-75,80H,5-8,10-12,14-20,22-24,26-32,35-65H2,1-4H3,(H,81,82,83);/q;+1/p-1/b13-9+,25-21+,34-33+;/t66-,67-,72-,73+,74-,75+;/m1./s1. The van der Waals surface area contributed by atoms with Crippen molar-refractivity contribution in [3.05, 3.63) is 36.5 Å². The molecule has 91 heavy (non-hydrogen) atoms. The summed E-state index contributed by atoms with van der Waals surface area (Å²) in [5.41, 5.74) is 0. The molecular weight excluding hydrogens is 1180 g/mol. The Labute approximate surface area is 579 Å². The van der Waals surface area contributed by atoms with E-state index >= 15 is 0 Å². The van der Waals surface area contributed by atoms with Crippen LogP contribution in [0.5, 0.6) is 0 Å². The first kappa shape index (κ1) is 88.9. The van der Waals surface area contributed by atoms with E-state index in [-0.39, 0.29) is 61.8 Å². The van der Waals surface area contributed by atoms with Crippen LogP contribution in [0.4, 0.5) is 0 Å². The molecule has 6 atom stereocenters. The Bertz CT molecular complexity index is 1890. The van der Waals surface area contributed by atoms with Gasteiger partial charge in [-0.3, -0.25) is 19.2 Å². The van der Waals surface area contributed by atoms with Crippen molar-refractivity contribution < 1.29 is 95.2 Å². The number of aliphatic hydroxyl groups excluding tert-OH is 1. The molecule has 0 radical (unpaired) electrons. The van der Waals surface area contributed by atoms with Gasteiger partial charge in [0.25, 0.3) is 0 Å². The van der Waals surface area contributed by atoms with Gasteiger partial charge < -0.3 is 38.1 Å². The SMILES string of the molecule is CC/C=C/C/C=C/C/C=C/CCCCCCCC(=O)OC[C@H](CO[C@H]1O[C@H](CS(=O)(=O)[O-])[C@@H](O)[C@H](OC(=O)CCCCCCCCCCCCCCC)[C@H]1OC(=O)CCCCCCCCCCCCCCC)OC(=O)CCCCCCCCCCCCCCC.[Na+]. The molecule has 1 aliphatic heterocycles. The molecule has 0 unspecified atom stereocenters. The average molecular weight is 1320 g/mol. The molecule has 1 N–H and O–H groups in total. The third kappa shape index (κ3) is 56.7. The van der Waals surface area contributed by atoms with Gasteiger partial charge >= 0.3 is 53.4 Å². The third-order valence-corrected chi connectivity index (χ3v) is 17.9. The molecule has 526 valence electrons. The second-order valence-corrected chi connectivity index (χ2v) is 27.3. The van der Waals surface area contributed by atoms with Gasteiger partial charge in [0.15, 0.2) is 24.6 Å². The molecule has 14 nitrogen and oxygen atoms in total. The van der Waals surface area contributed by atoms with Crippen molar-refractivity contribution in [2.24, 2.45) is 0 Å². The molecule has 1 rings (SSSR count). The molecule has 0 saturated carbocycles. The van der Waals surface area contributed by atoms with Crippen LogP contribution >= 0.6 is 0 Å². The van der Waals surface area contributed by atoms with E-state index < -0.39 is 83.2 Å². The Balaban J connectivity index is 0.0000810. The van der Waals surface area contributed by atoms with Crippen molar-refractivity contribution in [2.45, 2.75) is 398 Å². The Morgan fingerprint density at radius 2 is 0.758 bits per heavy atom. The predicted molar refractivity (Wildman–Crippen MR) is 366 cm³/mol. The van der Waals surface area contributed by atoms with E-state index in [2.05, 4.69) is 64.2 Å². The quantitative estimate of drug-likeness (QED) is 0.0150. The van der Waals surface area contributed by atoms with Gasteiger partial charge in [0.05, 0.1) is 22.5 Å². The van der Waals surface area contributed by atoms with Gasteiger partial charge in [0, 0.05) is 25.7 Å². The Morgan fingerprint density at radius 3 is 1.14 bits per heavy atom. The van der Waals surface area contributed by atoms with E-state index in [0.29, 0.717) is 25.7 Å². The normalized spacial score (nSPS) is 17.2. The first-order valence-electron chi connectivity index (χ1n) is 37.4. The van der Waals surface area contributed by atoms with Crippen molar-refractivity contribution in [3.63, 3.8) is 0 Å². The number of allylic oxidation sites excluding steroid dienone is 6. The maximum absolute atomic E-state index is 13.8. The van der Waals surface area contributed by atoms with Gasteiger partial charge in [0.1, 0.15) is 18.8 Å². The van der Waals surface area contributed by atoms with Crippen LogP contribution in [0, 0.1) is 0 Å². The van der Waals surface area contributed by atoms with Crippen LogP contribution in [0.3, 0.4) is 0 Å². The number of hydrogen-bond acceptors (Lipinski definition) is 14. The molecule has 0 aromatic heterocycles. The number of ether oxygens (including phenoxy) is 6. The summed E-state index contributed by atoms with van der Waals surface area (Å²) in [4.78, 5) is 54.1. The number of carbonyl (C=O) groups is 4. The zero-order chi connectivity index (χ0) is 65.6. The van der Waals surface area contributed by atoms with Crippen LogP contribution in [-0.4, -0.2) is 97.7 Å². The molecule has 16 heteroatoms. The third-order valence-electron chi connectivity index (χ3n) is 17.2. The van der Waals surface area contributed by atoms with Crippen molar-refractivity contribution in [1.82, 2.24) is 0 Å². The minimum Gasteiger partial charge on any atom is -0.748 e. The second-order valence-electron chi connectivity index (χ2n) is 25.9. The minimum atomic E-state index is -5.02. The Morgan fingerprint density at radius 1 is 0.429 bits per heavy atom. The maximum Gasteiger partial charge on any atom is 1.00 e. The monoisotopic (exact) mass is 1310 g/mol. The minimum absolute atomic E-state index is 0. The van der Waals surface area contributed by atoms with E-state index in [1.807, 2.05) is 0 Å². The molecule has 1 aliphatic rings. The fraction of sp³-hybridized carbons (Fsp3) is 0.867. The van der Waals surface area contributed by atoms with Crippen LogP contribution in [-0.2, 0) is 57.7 Å². The van der Waals surface area contributed by atoms with Gasteiger partial charge in [-0.1, -0.05) is 315 Å². The van der Waals surface area contributed by atoms with Crippen LogP contribution in [0.25, 0.3) is 0 Å². The first-order chi connectivity index (χ1) is 43.8. The number of carbonyl (C=O) groups excluding carboxylic acids is 4. The summed E-state index contributed by atoms with van der Waals surface area (Å²) in [5.74, 6) is -3.55. The van der Waals surface area contributed by atoms with Gasteiger partial charge in [-0.15, -0.1) is 0 Å². The molecule has 1 heterocycles. The summed E-state index contributed by atoms with van der Waals surface area (Å²) in [6.45, 7) is 7.99. The molecule has 0 bridgehead atoms. The van der Waals surface area contributed by atoms with Gasteiger partial charge in [-0.2, -0.15) is 0 Å². The van der Waals surface area contributed by atoms with E-state index in [0.717, 1.165) is 128 Å². The topological polar surface area (TPSA) is 201 Å². The maximum atomic E-state index is 13.8. The van der Waals surface area contributed by atoms with E-state index in [4.69, 9.17) is 28.4 Å². The number of esters is 4. The summed E-state index contributed by atoms with van der Waals surface area (Å²) in [7, 11) is -5.02. The molecule has 1 saturated heterocycles. The number of unbranched alkanes of at least 4 members (excludes halogenated alkanes) is 41. The summed E-state index contributed by atoms with van der Waals surface area (Å²) in [6, 6.07) is 0. The van der Waals surface area contributed by atoms with Gasteiger partial charge in [-0.25, -0.2) is 8.42 Å². The molecule has 0 aromatic carbocycles. The van der Waals surface area contributed by atoms with Crippen molar-refractivity contribution >= 4 is 34.0 Å². The molecule has 0 spiro atoms. The fourth-order valence-corrected chi connectivity index (χ4v) is 12.3. The molecule has 1 fully saturated rings. The summed E-state index contributed by atoms with van der Waals surface area (Å²) >= 11 is 0. The molecule has 0 aromatic rings. The first-order valence-corrected chi connectivity index (χ1v) is 39.0. The Hall–Kier alpha value is -2.11. The number of hydrogen-bond donors (Lipinski definition) is 1. The fourth-order valence-electron chi connectivity index (χ4n) is 11.6. The van der Waals surface area contributed by atoms with Gasteiger partial charge in [0.2, 0.25) is 0 Å². The zero-order valence-corrected chi connectivity index (χ0v) is 61.8. The van der Waals surface area contributed by atoms with Crippen LogP contribution < -0.4 is 29.6 Å². The van der Waals surface area contributed by atoms with Crippen LogP contribution in [0.1, 0.15) is 362 Å². The Kier molecular flexibility index (Phi) is 63.7. The van der Waals surface area contributed by atoms with E-state index in [9.17, 15) is 37.3 Å².